The van der Waals surface area contributed by atoms with Gasteiger partial charge in [-0.3, -0.25) is 13.6 Å². The summed E-state index contributed by atoms with van der Waals surface area (Å²) in [6.07, 6.45) is 10.4. The first-order valence-corrected chi connectivity index (χ1v) is 14.9. The lowest BCUT2D eigenvalue weighted by atomic mass is 10.1. The molecule has 0 bridgehead atoms. The van der Waals surface area contributed by atoms with Gasteiger partial charge in [0.1, 0.15) is 6.10 Å². The fraction of sp³-hybridized carbons (Fsp3) is 1.00. The van der Waals surface area contributed by atoms with Crippen molar-refractivity contribution in [1.82, 2.24) is 0 Å². The highest BCUT2D eigenvalue weighted by Crippen LogP contribution is 2.47. The van der Waals surface area contributed by atoms with E-state index in [4.69, 9.17) is 19.5 Å². The van der Waals surface area contributed by atoms with Gasteiger partial charge in [-0.2, -0.15) is 0 Å². The Morgan fingerprint density at radius 2 is 1.35 bits per heavy atom. The van der Waals surface area contributed by atoms with Crippen LogP contribution < -0.4 is 5.73 Å². The molecule has 0 saturated heterocycles. The van der Waals surface area contributed by atoms with E-state index in [0.29, 0.717) is 13.0 Å². The predicted octanol–water partition coefficient (Wildman–Crippen LogP) is 5.00. The van der Waals surface area contributed by atoms with Crippen molar-refractivity contribution >= 4 is 15.4 Å². The van der Waals surface area contributed by atoms with Crippen LogP contribution >= 0.6 is 15.4 Å². The molecule has 0 amide bonds. The third kappa shape index (κ3) is 20.5. The van der Waals surface area contributed by atoms with Gasteiger partial charge in [-0.25, -0.2) is 4.57 Å². The van der Waals surface area contributed by atoms with Crippen LogP contribution in [0.3, 0.4) is 0 Å². The van der Waals surface area contributed by atoms with Crippen LogP contribution in [0.5, 0.6) is 0 Å². The quantitative estimate of drug-likeness (QED) is 0.134. The molecule has 0 heterocycles. The number of unbranched alkanes of at least 4 members (excludes halogenated alkanes) is 9. The van der Waals surface area contributed by atoms with E-state index in [0.717, 1.165) is 44.9 Å². The highest BCUT2D eigenvalue weighted by molar-refractivity contribution is 7.52. The zero-order valence-electron chi connectivity index (χ0n) is 19.4. The molecule has 0 aliphatic heterocycles. The lowest BCUT2D eigenvalue weighted by Gasteiger charge is -2.22. The van der Waals surface area contributed by atoms with Crippen LogP contribution in [0, 0.1) is 0 Å². The second-order valence-corrected chi connectivity index (χ2v) is 11.1. The monoisotopic (exact) mass is 489 g/mol. The molecular weight excluding hydrogens is 444 g/mol. The Morgan fingerprint density at radius 3 is 1.97 bits per heavy atom. The van der Waals surface area contributed by atoms with E-state index in [1.807, 2.05) is 0 Å². The summed E-state index contributed by atoms with van der Waals surface area (Å²) in [6, 6.07) is 0. The highest BCUT2D eigenvalue weighted by atomic mass is 31.2. The summed E-state index contributed by atoms with van der Waals surface area (Å²) in [5.74, 6) is 0. The van der Waals surface area contributed by atoms with Gasteiger partial charge in [0.2, 0.25) is 0 Å². The maximum absolute atomic E-state index is 12.4. The van der Waals surface area contributed by atoms with Crippen LogP contribution in [0.4, 0.5) is 0 Å². The zero-order valence-corrected chi connectivity index (χ0v) is 21.2. The molecule has 11 heteroatoms. The second kappa shape index (κ2) is 19.6. The van der Waals surface area contributed by atoms with Crippen LogP contribution in [0.15, 0.2) is 0 Å². The van der Waals surface area contributed by atoms with E-state index in [-0.39, 0.29) is 25.9 Å². The van der Waals surface area contributed by atoms with Crippen molar-refractivity contribution in [3.8, 4) is 0 Å². The van der Waals surface area contributed by atoms with E-state index in [1.165, 1.54) is 19.3 Å². The number of phosphoric ester groups is 1. The van der Waals surface area contributed by atoms with Crippen LogP contribution in [0.2, 0.25) is 0 Å². The number of hydrogen-bond acceptors (Lipinski definition) is 7. The summed E-state index contributed by atoms with van der Waals surface area (Å²) < 4.78 is 44.8. The van der Waals surface area contributed by atoms with Gasteiger partial charge < -0.3 is 24.8 Å². The Balaban J connectivity index is 4.50. The van der Waals surface area contributed by atoms with Crippen molar-refractivity contribution in [2.75, 3.05) is 39.1 Å². The summed E-state index contributed by atoms with van der Waals surface area (Å²) in [7, 11) is -8.18. The Bertz CT molecular complexity index is 510. The van der Waals surface area contributed by atoms with E-state index < -0.39 is 28.1 Å². The first-order chi connectivity index (χ1) is 14.8. The molecule has 9 nitrogen and oxygen atoms in total. The molecule has 0 rings (SSSR count). The molecule has 0 aliphatic carbocycles. The first kappa shape index (κ1) is 31.2. The minimum absolute atomic E-state index is 0.00770. The van der Waals surface area contributed by atoms with Gasteiger partial charge in [0.25, 0.3) is 0 Å². The molecule has 0 spiro atoms. The summed E-state index contributed by atoms with van der Waals surface area (Å²) in [5.41, 5.74) is 5.26. The maximum atomic E-state index is 12.4. The molecule has 0 aliphatic rings. The van der Waals surface area contributed by atoms with Gasteiger partial charge in [-0.15, -0.1) is 0 Å². The minimum Gasteiger partial charge on any atom is -0.379 e. The Morgan fingerprint density at radius 1 is 0.774 bits per heavy atom. The average molecular weight is 490 g/mol. The fourth-order valence-corrected chi connectivity index (χ4v) is 4.97. The molecule has 0 aromatic rings. The molecule has 31 heavy (non-hydrogen) atoms. The molecule has 188 valence electrons. The topological polar surface area (TPSA) is 138 Å². The van der Waals surface area contributed by atoms with Crippen molar-refractivity contribution in [3.05, 3.63) is 0 Å². The molecule has 0 radical (unpaired) electrons. The molecule has 2 unspecified atom stereocenters. The van der Waals surface area contributed by atoms with Crippen molar-refractivity contribution < 1.29 is 37.2 Å². The van der Waals surface area contributed by atoms with Gasteiger partial charge in [-0.1, -0.05) is 71.6 Å². The number of nitrogens with two attached hydrogens (primary N) is 1. The van der Waals surface area contributed by atoms with Crippen LogP contribution in [-0.2, 0) is 27.4 Å². The number of phosphoric acid groups is 1. The Kier molecular flexibility index (Phi) is 19.7. The average Bonchev–Trinajstić information content (AvgIpc) is 2.72. The number of hydrogen-bond donors (Lipinski definition) is 3. The zero-order chi connectivity index (χ0) is 23.4. The van der Waals surface area contributed by atoms with Gasteiger partial charge in [0, 0.05) is 19.3 Å². The largest absolute Gasteiger partial charge is 0.472 e. The van der Waals surface area contributed by atoms with Crippen LogP contribution in [0.1, 0.15) is 84.5 Å². The Labute approximate surface area is 188 Å². The highest BCUT2D eigenvalue weighted by Gasteiger charge is 2.29. The van der Waals surface area contributed by atoms with E-state index in [9.17, 15) is 18.9 Å². The summed E-state index contributed by atoms with van der Waals surface area (Å²) in [4.78, 5) is 19.8. The number of rotatable bonds is 23. The summed E-state index contributed by atoms with van der Waals surface area (Å²) in [6.45, 7) is 4.29. The molecule has 0 aromatic carbocycles. The number of ether oxygens (including phenoxy) is 1. The minimum atomic E-state index is -4.31. The lowest BCUT2D eigenvalue weighted by Crippen LogP contribution is -2.25. The van der Waals surface area contributed by atoms with Crippen LogP contribution in [0.25, 0.3) is 0 Å². The molecular formula is C20H45NO8P2. The summed E-state index contributed by atoms with van der Waals surface area (Å²) in [5, 5.41) is 0. The molecule has 3 atom stereocenters. The van der Waals surface area contributed by atoms with Crippen molar-refractivity contribution in [2.45, 2.75) is 90.6 Å². The van der Waals surface area contributed by atoms with Gasteiger partial charge in [-0.05, 0) is 12.8 Å². The third-order valence-corrected chi connectivity index (χ3v) is 7.09. The molecule has 0 fully saturated rings. The summed E-state index contributed by atoms with van der Waals surface area (Å²) >= 11 is 0. The normalized spacial score (nSPS) is 16.7. The standard InChI is InChI=1S/C20H45NO8P2/c1-3-5-7-9-10-12-15-26-18-20(19-28-31(24,25)27-16-14-21)29-30(22,23)17-13-11-8-6-4-2/h20H,3-19,21H2,1-2H3,(H,22,23)(H,24,25)/t20-/m1/s1. The fourth-order valence-electron chi connectivity index (χ4n) is 2.89. The van der Waals surface area contributed by atoms with Crippen LogP contribution in [-0.4, -0.2) is 55.0 Å². The second-order valence-electron chi connectivity index (χ2n) is 7.73. The van der Waals surface area contributed by atoms with Crippen molar-refractivity contribution in [3.63, 3.8) is 0 Å². The van der Waals surface area contributed by atoms with E-state index in [1.54, 1.807) is 0 Å². The maximum Gasteiger partial charge on any atom is 0.472 e. The third-order valence-electron chi connectivity index (χ3n) is 4.60. The molecule has 4 N–H and O–H groups in total. The predicted molar refractivity (Wildman–Crippen MR) is 123 cm³/mol. The molecule has 0 saturated carbocycles. The van der Waals surface area contributed by atoms with Gasteiger partial charge in [0.05, 0.1) is 19.8 Å². The van der Waals surface area contributed by atoms with Crippen molar-refractivity contribution in [1.29, 1.82) is 0 Å². The first-order valence-electron chi connectivity index (χ1n) is 11.7. The SMILES string of the molecule is CCCCCCCCOC[C@H](COP(=O)(O)OCCN)OP(=O)(O)CCCCCCC. The van der Waals surface area contributed by atoms with Gasteiger partial charge >= 0.3 is 15.4 Å². The molecule has 0 aromatic heterocycles. The van der Waals surface area contributed by atoms with Crippen molar-refractivity contribution in [2.24, 2.45) is 5.73 Å². The smallest absolute Gasteiger partial charge is 0.379 e. The van der Waals surface area contributed by atoms with Gasteiger partial charge in [0.15, 0.2) is 0 Å². The van der Waals surface area contributed by atoms with E-state index >= 15 is 0 Å². The Hall–Kier alpha value is 0.180. The van der Waals surface area contributed by atoms with E-state index in [2.05, 4.69) is 18.4 Å². The lowest BCUT2D eigenvalue weighted by molar-refractivity contribution is 0.0102.